The normalized spacial score (nSPS) is 17.0. The van der Waals surface area contributed by atoms with Crippen molar-refractivity contribution >= 4 is 0 Å². The zero-order valence-electron chi connectivity index (χ0n) is 4.20. The summed E-state index contributed by atoms with van der Waals surface area (Å²) in [5.41, 5.74) is 1.31. The molecule has 0 heterocycles. The van der Waals surface area contributed by atoms with Gasteiger partial charge in [0.15, 0.2) is 0 Å². The summed E-state index contributed by atoms with van der Waals surface area (Å²) in [4.78, 5) is 0. The van der Waals surface area contributed by atoms with Gasteiger partial charge in [-0.3, -0.25) is 0 Å². The van der Waals surface area contributed by atoms with Gasteiger partial charge in [-0.15, -0.1) is 6.42 Å². The second-order valence-corrected chi connectivity index (χ2v) is 1.40. The molecule has 0 amide bonds. The van der Waals surface area contributed by atoms with Crippen LogP contribution in [-0.4, -0.2) is 0 Å². The van der Waals surface area contributed by atoms with Crippen molar-refractivity contribution in [2.24, 2.45) is 0 Å². The molecule has 0 spiro atoms. The van der Waals surface area contributed by atoms with Crippen LogP contribution in [0.2, 0.25) is 0 Å². The van der Waals surface area contributed by atoms with Crippen LogP contribution in [0.4, 0.5) is 0 Å². The average Bonchev–Trinajstić information content (AvgIpc) is 1.30. The first kappa shape index (κ1) is 6.21. The third-order valence-electron chi connectivity index (χ3n) is 0.898. The van der Waals surface area contributed by atoms with Crippen LogP contribution < -0.4 is 18.9 Å². The summed E-state index contributed by atoms with van der Waals surface area (Å²) in [6.45, 7) is 3.70. The second kappa shape index (κ2) is 2.39. The topological polar surface area (TPSA) is 0 Å². The molecule has 28 valence electrons. The Morgan fingerprint density at radius 1 is 1.67 bits per heavy atom. The summed E-state index contributed by atoms with van der Waals surface area (Å²) in [5.74, 6) is 0. The molecular weight excluding hydrogens is 67.0 g/mol. The molecule has 0 N–H and O–H groups in total. The molecule has 6 heavy (non-hydrogen) atoms. The Morgan fingerprint density at radius 2 is 2.00 bits per heavy atom. The summed E-state index contributed by atoms with van der Waals surface area (Å²) < 4.78 is 0. The van der Waals surface area contributed by atoms with Crippen LogP contribution in [0.25, 0.3) is 0 Å². The van der Waals surface area contributed by atoms with Gasteiger partial charge in [0.2, 0.25) is 0 Å². The van der Waals surface area contributed by atoms with E-state index in [9.17, 15) is 0 Å². The summed E-state index contributed by atoms with van der Waals surface area (Å²) in [6.07, 6.45) is 4.65. The van der Waals surface area contributed by atoms with Crippen molar-refractivity contribution in [3.63, 3.8) is 0 Å². The summed E-state index contributed by atoms with van der Waals surface area (Å²) >= 11 is 0. The number of hydrogen-bond donors (Lipinski definition) is 0. The van der Waals surface area contributed by atoms with Crippen LogP contribution in [0.1, 0.15) is 12.8 Å². The van der Waals surface area contributed by atoms with E-state index in [0.29, 0.717) is 0 Å². The average molecular weight is 74.1 g/mol. The molecule has 0 radical (unpaired) electrons. The van der Waals surface area contributed by atoms with Gasteiger partial charge in [0.05, 0.1) is 0 Å². The van der Waals surface area contributed by atoms with Crippen LogP contribution in [0.15, 0.2) is 11.6 Å². The minimum Gasteiger partial charge on any atom is -0.242 e. The molecule has 0 atom stereocenters. The SMILES string of the molecule is [CH2-]C1=CCC1.[Li+]. The Morgan fingerprint density at radius 3 is 2.00 bits per heavy atom. The first-order valence-corrected chi connectivity index (χ1v) is 1.90. The van der Waals surface area contributed by atoms with Gasteiger partial charge in [0, 0.05) is 0 Å². The molecule has 0 fully saturated rings. The fraction of sp³-hybridized carbons (Fsp3) is 0.400. The van der Waals surface area contributed by atoms with E-state index in [4.69, 9.17) is 0 Å². The molecule has 1 aliphatic carbocycles. The molecule has 0 aromatic rings. The zero-order valence-corrected chi connectivity index (χ0v) is 4.20. The van der Waals surface area contributed by atoms with E-state index in [1.165, 1.54) is 18.4 Å². The Hall–Kier alpha value is 0.207. The molecule has 0 aromatic heterocycles. The summed E-state index contributed by atoms with van der Waals surface area (Å²) in [5, 5.41) is 0. The first-order chi connectivity index (χ1) is 2.39. The summed E-state index contributed by atoms with van der Waals surface area (Å²) in [7, 11) is 0. The van der Waals surface area contributed by atoms with Gasteiger partial charge in [0.25, 0.3) is 0 Å². The van der Waals surface area contributed by atoms with E-state index in [1.54, 1.807) is 0 Å². The molecule has 0 bridgehead atoms. The van der Waals surface area contributed by atoms with Crippen molar-refractivity contribution in [3.05, 3.63) is 18.6 Å². The number of allylic oxidation sites excluding steroid dienone is 2. The van der Waals surface area contributed by atoms with Crippen LogP contribution >= 0.6 is 0 Å². The summed E-state index contributed by atoms with van der Waals surface area (Å²) in [6, 6.07) is 0. The van der Waals surface area contributed by atoms with Gasteiger partial charge >= 0.3 is 18.9 Å². The molecule has 1 aliphatic rings. The van der Waals surface area contributed by atoms with Gasteiger partial charge in [-0.05, 0) is 0 Å². The molecule has 0 saturated heterocycles. The quantitative estimate of drug-likeness (QED) is 0.243. The Kier molecular flexibility index (Phi) is 2.48. The van der Waals surface area contributed by atoms with Crippen molar-refractivity contribution in [2.45, 2.75) is 12.8 Å². The Bertz CT molecular complexity index is 64.3. The molecule has 0 unspecified atom stereocenters. The van der Waals surface area contributed by atoms with E-state index in [-0.39, 0.29) is 18.9 Å². The van der Waals surface area contributed by atoms with E-state index in [2.05, 4.69) is 13.0 Å². The van der Waals surface area contributed by atoms with Crippen molar-refractivity contribution in [1.82, 2.24) is 0 Å². The molecule has 0 aromatic carbocycles. The predicted octanol–water partition coefficient (Wildman–Crippen LogP) is -1.46. The fourth-order valence-electron chi connectivity index (χ4n) is 0.348. The van der Waals surface area contributed by atoms with Crippen LogP contribution in [0.3, 0.4) is 0 Å². The zero-order chi connectivity index (χ0) is 3.70. The first-order valence-electron chi connectivity index (χ1n) is 1.90. The molecule has 1 heteroatoms. The van der Waals surface area contributed by atoms with Gasteiger partial charge < -0.3 is 0 Å². The minimum absolute atomic E-state index is 0. The molecule has 1 rings (SSSR count). The Labute approximate surface area is 50.8 Å². The third kappa shape index (κ3) is 1.12. The van der Waals surface area contributed by atoms with Crippen LogP contribution in [0.5, 0.6) is 0 Å². The number of hydrogen-bond acceptors (Lipinski definition) is 0. The van der Waals surface area contributed by atoms with Gasteiger partial charge in [-0.25, -0.2) is 18.6 Å². The maximum absolute atomic E-state index is 3.70. The van der Waals surface area contributed by atoms with Gasteiger partial charge in [-0.2, -0.15) is 0 Å². The monoisotopic (exact) mass is 74.1 g/mol. The standard InChI is InChI=1S/C5H7.Li/c1-5-3-2-4-5;/h3H,1-2,4H2;/q-1;+1. The largest absolute Gasteiger partial charge is 1.00 e. The maximum Gasteiger partial charge on any atom is 1.00 e. The number of rotatable bonds is 0. The van der Waals surface area contributed by atoms with Crippen molar-refractivity contribution < 1.29 is 18.9 Å². The van der Waals surface area contributed by atoms with E-state index >= 15 is 0 Å². The molecule has 0 aliphatic heterocycles. The third-order valence-corrected chi connectivity index (χ3v) is 0.898. The van der Waals surface area contributed by atoms with Gasteiger partial charge in [0.1, 0.15) is 0 Å². The van der Waals surface area contributed by atoms with Crippen molar-refractivity contribution in [2.75, 3.05) is 0 Å². The predicted molar refractivity (Wildman–Crippen MR) is 22.7 cm³/mol. The van der Waals surface area contributed by atoms with E-state index in [1.807, 2.05) is 0 Å². The van der Waals surface area contributed by atoms with Crippen molar-refractivity contribution in [1.29, 1.82) is 0 Å². The van der Waals surface area contributed by atoms with Crippen LogP contribution in [-0.2, 0) is 0 Å². The molecule has 0 saturated carbocycles. The van der Waals surface area contributed by atoms with Crippen molar-refractivity contribution in [3.8, 4) is 0 Å². The van der Waals surface area contributed by atoms with Crippen LogP contribution in [0, 0.1) is 6.92 Å². The minimum atomic E-state index is 0. The molecular formula is C5H7Li. The van der Waals surface area contributed by atoms with E-state index < -0.39 is 0 Å². The smallest absolute Gasteiger partial charge is 0.242 e. The van der Waals surface area contributed by atoms with Gasteiger partial charge in [-0.1, -0.05) is 6.42 Å². The fourth-order valence-corrected chi connectivity index (χ4v) is 0.348. The maximum atomic E-state index is 3.70. The molecule has 0 nitrogen and oxygen atoms in total. The second-order valence-electron chi connectivity index (χ2n) is 1.40. The van der Waals surface area contributed by atoms with E-state index in [0.717, 1.165) is 0 Å². The Balaban J connectivity index is 0.000000250.